The Morgan fingerprint density at radius 3 is 2.17 bits per heavy atom. The predicted octanol–water partition coefficient (Wildman–Crippen LogP) is 2.29. The van der Waals surface area contributed by atoms with Crippen LogP contribution in [0.25, 0.3) is 0 Å². The number of anilines is 1. The molecule has 1 heterocycles. The topological polar surface area (TPSA) is 59.3 Å². The zero-order valence-corrected chi connectivity index (χ0v) is 13.5. The number of nitrogens with one attached hydrogen (secondary N) is 1. The van der Waals surface area contributed by atoms with E-state index < -0.39 is 29.1 Å². The zero-order chi connectivity index (χ0) is 17.9. The van der Waals surface area contributed by atoms with Gasteiger partial charge in [0.05, 0.1) is 7.11 Å². The van der Waals surface area contributed by atoms with Crippen molar-refractivity contribution in [2.24, 2.45) is 0 Å². The van der Waals surface area contributed by atoms with Gasteiger partial charge in [-0.05, 0) is 25.0 Å². The van der Waals surface area contributed by atoms with Gasteiger partial charge in [-0.3, -0.25) is 4.79 Å². The van der Waals surface area contributed by atoms with Crippen LogP contribution in [0, 0.1) is 25.5 Å². The number of hydrogen-bond acceptors (Lipinski definition) is 3. The Morgan fingerprint density at radius 2 is 1.67 bits per heavy atom. The van der Waals surface area contributed by atoms with E-state index in [0.29, 0.717) is 5.69 Å². The van der Waals surface area contributed by atoms with Crippen molar-refractivity contribution < 1.29 is 27.7 Å². The quantitative estimate of drug-likeness (QED) is 0.689. The molecule has 7 heteroatoms. The summed E-state index contributed by atoms with van der Waals surface area (Å²) in [4.78, 5) is 23.4. The van der Waals surface area contributed by atoms with Crippen molar-refractivity contribution in [1.82, 2.24) is 0 Å². The molecule has 0 saturated carbocycles. The molecule has 0 fully saturated rings. The molecule has 126 valence electrons. The SMILES string of the molecule is COC(=O)c1c(F)c[n+](CC(=O)Nc2c(C)cccc2C)cc1F. The number of amides is 1. The van der Waals surface area contributed by atoms with Crippen LogP contribution in [0.5, 0.6) is 0 Å². The number of halogens is 2. The molecular weight excluding hydrogens is 318 g/mol. The number of carbonyl (C=O) groups excluding carboxylic acids is 2. The van der Waals surface area contributed by atoms with Gasteiger partial charge in [0.15, 0.2) is 0 Å². The number of hydrogen-bond donors (Lipinski definition) is 1. The molecule has 0 bridgehead atoms. The number of esters is 1. The van der Waals surface area contributed by atoms with Crippen LogP contribution >= 0.6 is 0 Å². The van der Waals surface area contributed by atoms with Gasteiger partial charge in [-0.25, -0.2) is 4.79 Å². The van der Waals surface area contributed by atoms with E-state index in [2.05, 4.69) is 10.1 Å². The van der Waals surface area contributed by atoms with Crippen molar-refractivity contribution in [3.05, 3.63) is 58.9 Å². The second-order valence-electron chi connectivity index (χ2n) is 5.31. The molecule has 0 saturated heterocycles. The fourth-order valence-electron chi connectivity index (χ4n) is 2.32. The molecule has 5 nitrogen and oxygen atoms in total. The van der Waals surface area contributed by atoms with Crippen LogP contribution in [0.1, 0.15) is 21.5 Å². The van der Waals surface area contributed by atoms with Gasteiger partial charge >= 0.3 is 5.97 Å². The van der Waals surface area contributed by atoms with E-state index in [1.807, 2.05) is 32.0 Å². The van der Waals surface area contributed by atoms with Crippen LogP contribution in [-0.2, 0) is 16.1 Å². The number of nitrogens with zero attached hydrogens (tertiary/aromatic N) is 1. The largest absolute Gasteiger partial charge is 0.465 e. The highest BCUT2D eigenvalue weighted by Gasteiger charge is 2.24. The molecule has 0 atom stereocenters. The maximum absolute atomic E-state index is 13.9. The number of ether oxygens (including phenoxy) is 1. The van der Waals surface area contributed by atoms with Crippen LogP contribution in [0.2, 0.25) is 0 Å². The number of aromatic nitrogens is 1. The Balaban J connectivity index is 2.19. The number of pyridine rings is 1. The van der Waals surface area contributed by atoms with E-state index in [9.17, 15) is 18.4 Å². The summed E-state index contributed by atoms with van der Waals surface area (Å²) < 4.78 is 33.1. The Morgan fingerprint density at radius 1 is 1.12 bits per heavy atom. The van der Waals surface area contributed by atoms with E-state index >= 15 is 0 Å². The number of rotatable bonds is 4. The molecule has 0 unspecified atom stereocenters. The van der Waals surface area contributed by atoms with E-state index in [1.165, 1.54) is 0 Å². The van der Waals surface area contributed by atoms with E-state index in [0.717, 1.165) is 35.2 Å². The lowest BCUT2D eigenvalue weighted by Crippen LogP contribution is -2.41. The maximum atomic E-state index is 13.9. The number of carbonyl (C=O) groups is 2. The van der Waals surface area contributed by atoms with Gasteiger partial charge in [-0.15, -0.1) is 0 Å². The van der Waals surface area contributed by atoms with Gasteiger partial charge in [-0.2, -0.15) is 13.3 Å². The number of para-hydroxylation sites is 1. The fourth-order valence-corrected chi connectivity index (χ4v) is 2.32. The molecule has 1 amide bonds. The lowest BCUT2D eigenvalue weighted by Gasteiger charge is -2.10. The van der Waals surface area contributed by atoms with Crippen molar-refractivity contribution in [2.45, 2.75) is 20.4 Å². The van der Waals surface area contributed by atoms with Crippen molar-refractivity contribution in [1.29, 1.82) is 0 Å². The molecule has 24 heavy (non-hydrogen) atoms. The highest BCUT2D eigenvalue weighted by Crippen LogP contribution is 2.19. The molecule has 0 aliphatic rings. The third-order valence-electron chi connectivity index (χ3n) is 3.50. The minimum Gasteiger partial charge on any atom is -0.465 e. The minimum atomic E-state index is -1.11. The smallest absolute Gasteiger partial charge is 0.344 e. The highest BCUT2D eigenvalue weighted by atomic mass is 19.1. The summed E-state index contributed by atoms with van der Waals surface area (Å²) in [5, 5.41) is 2.72. The van der Waals surface area contributed by atoms with Crippen LogP contribution in [0.3, 0.4) is 0 Å². The first-order chi connectivity index (χ1) is 11.3. The molecule has 0 spiro atoms. The van der Waals surface area contributed by atoms with E-state index in [1.54, 1.807) is 0 Å². The minimum absolute atomic E-state index is 0.303. The van der Waals surface area contributed by atoms with Crippen LogP contribution in [0.15, 0.2) is 30.6 Å². The van der Waals surface area contributed by atoms with Gasteiger partial charge in [-0.1, -0.05) is 18.2 Å². The molecule has 1 aromatic heterocycles. The second kappa shape index (κ2) is 7.16. The summed E-state index contributed by atoms with van der Waals surface area (Å²) in [5.74, 6) is -3.75. The first-order valence-corrected chi connectivity index (χ1v) is 7.16. The standard InChI is InChI=1S/C17H16F2N2O3/c1-10-5-4-6-11(2)16(10)20-14(22)9-21-7-12(18)15(13(19)8-21)17(23)24-3/h4-8H,9H2,1-3H3/p+1. The number of methoxy groups -OCH3 is 1. The van der Waals surface area contributed by atoms with Gasteiger partial charge in [0.2, 0.25) is 30.6 Å². The predicted molar refractivity (Wildman–Crippen MR) is 82.4 cm³/mol. The summed E-state index contributed by atoms with van der Waals surface area (Å²) >= 11 is 0. The summed E-state index contributed by atoms with van der Waals surface area (Å²) in [6.07, 6.45) is 1.75. The first kappa shape index (κ1) is 17.5. The molecule has 2 rings (SSSR count). The number of aryl methyl sites for hydroxylation is 2. The second-order valence-corrected chi connectivity index (χ2v) is 5.31. The van der Waals surface area contributed by atoms with Crippen molar-refractivity contribution in [3.8, 4) is 0 Å². The zero-order valence-electron chi connectivity index (χ0n) is 13.5. The average Bonchev–Trinajstić information content (AvgIpc) is 2.50. The number of benzene rings is 1. The molecule has 1 aromatic carbocycles. The monoisotopic (exact) mass is 335 g/mol. The first-order valence-electron chi connectivity index (χ1n) is 7.16. The lowest BCUT2D eigenvalue weighted by molar-refractivity contribution is -0.687. The lowest BCUT2D eigenvalue weighted by atomic mass is 10.1. The molecule has 2 aromatic rings. The summed E-state index contributed by atoms with van der Waals surface area (Å²) in [6, 6.07) is 5.56. The van der Waals surface area contributed by atoms with E-state index in [-0.39, 0.29) is 6.54 Å². The third kappa shape index (κ3) is 3.73. The summed E-state index contributed by atoms with van der Waals surface area (Å²) in [5.41, 5.74) is 1.64. The van der Waals surface area contributed by atoms with Crippen molar-refractivity contribution in [2.75, 3.05) is 12.4 Å². The van der Waals surface area contributed by atoms with Gasteiger partial charge in [0.25, 0.3) is 5.91 Å². The Kier molecular flexibility index (Phi) is 5.23. The highest BCUT2D eigenvalue weighted by molar-refractivity contribution is 5.91. The summed E-state index contributed by atoms with van der Waals surface area (Å²) in [6.45, 7) is 3.39. The Hall–Kier alpha value is -2.83. The average molecular weight is 335 g/mol. The normalized spacial score (nSPS) is 10.4. The fraction of sp³-hybridized carbons (Fsp3) is 0.235. The van der Waals surface area contributed by atoms with Crippen LogP contribution in [-0.4, -0.2) is 19.0 Å². The Bertz CT molecular complexity index is 763. The maximum Gasteiger partial charge on any atom is 0.344 e. The molecule has 1 N–H and O–H groups in total. The third-order valence-corrected chi connectivity index (χ3v) is 3.50. The molecule has 0 aliphatic carbocycles. The molecule has 0 radical (unpaired) electrons. The van der Waals surface area contributed by atoms with Gasteiger partial charge < -0.3 is 10.1 Å². The molecular formula is C17H17F2N2O3+. The van der Waals surface area contributed by atoms with Crippen molar-refractivity contribution >= 4 is 17.6 Å². The Labute approximate surface area is 137 Å². The van der Waals surface area contributed by atoms with Gasteiger partial charge in [0.1, 0.15) is 5.56 Å². The van der Waals surface area contributed by atoms with Crippen LogP contribution in [0.4, 0.5) is 14.5 Å². The van der Waals surface area contributed by atoms with Gasteiger partial charge in [0, 0.05) is 5.69 Å². The van der Waals surface area contributed by atoms with Crippen molar-refractivity contribution in [3.63, 3.8) is 0 Å². The van der Waals surface area contributed by atoms with Crippen LogP contribution < -0.4 is 9.88 Å². The van der Waals surface area contributed by atoms with E-state index in [4.69, 9.17) is 0 Å². The summed E-state index contributed by atoms with van der Waals surface area (Å²) in [7, 11) is 1.03. The molecule has 0 aliphatic heterocycles.